The summed E-state index contributed by atoms with van der Waals surface area (Å²) in [6, 6.07) is -10.0. The van der Waals surface area contributed by atoms with Crippen LogP contribution in [0.4, 0.5) is 0 Å². The van der Waals surface area contributed by atoms with Crippen LogP contribution in [0.15, 0.2) is 12.5 Å². The second-order valence-corrected chi connectivity index (χ2v) is 14.6. The normalized spacial score (nSPS) is 15.0. The Balaban J connectivity index is 3.01. The molecule has 0 spiro atoms. The average Bonchev–Trinajstić information content (AvgIpc) is 3.71. The second-order valence-electron chi connectivity index (χ2n) is 14.6. The number of nitrogens with zero attached hydrogens (tertiary/aromatic N) is 1. The summed E-state index contributed by atoms with van der Waals surface area (Å²) in [4.78, 5) is 122. The first-order valence-corrected chi connectivity index (χ1v) is 19.8. The van der Waals surface area contributed by atoms with Gasteiger partial charge in [0.05, 0.1) is 38.0 Å². The number of carbonyl (C=O) groups excluding carboxylic acids is 8. The Kier molecular flexibility index (Phi) is 24.4. The predicted molar refractivity (Wildman–Crippen MR) is 216 cm³/mol. The van der Waals surface area contributed by atoms with Crippen molar-refractivity contribution in [2.45, 2.75) is 121 Å². The van der Waals surface area contributed by atoms with E-state index in [1.807, 2.05) is 0 Å². The molecular formula is C36H63N13O12. The van der Waals surface area contributed by atoms with E-state index in [1.54, 1.807) is 13.8 Å². The molecule has 25 nitrogen and oxygen atoms in total. The van der Waals surface area contributed by atoms with Crippen molar-refractivity contribution in [2.75, 3.05) is 26.2 Å². The summed E-state index contributed by atoms with van der Waals surface area (Å²) in [5.41, 5.74) is 22.6. The van der Waals surface area contributed by atoms with Gasteiger partial charge < -0.3 is 80.5 Å². The minimum atomic E-state index is -1.75. The summed E-state index contributed by atoms with van der Waals surface area (Å²) >= 11 is 0. The smallest absolute Gasteiger partial charge is 0.326 e. The summed E-state index contributed by atoms with van der Waals surface area (Å²) in [7, 11) is 0. The lowest BCUT2D eigenvalue weighted by Crippen LogP contribution is -2.61. The highest BCUT2D eigenvalue weighted by atomic mass is 16.4. The van der Waals surface area contributed by atoms with Gasteiger partial charge in [0.2, 0.25) is 47.3 Å². The largest absolute Gasteiger partial charge is 0.480 e. The van der Waals surface area contributed by atoms with E-state index in [0.717, 1.165) is 6.92 Å². The highest BCUT2D eigenvalue weighted by Gasteiger charge is 2.34. The molecule has 0 aliphatic carbocycles. The zero-order valence-corrected chi connectivity index (χ0v) is 34.6. The molecule has 0 radical (unpaired) electrons. The fraction of sp³-hybridized carbons (Fsp3) is 0.667. The molecular weight excluding hydrogens is 806 g/mol. The van der Waals surface area contributed by atoms with Gasteiger partial charge in [-0.25, -0.2) is 9.78 Å². The predicted octanol–water partition coefficient (Wildman–Crippen LogP) is -6.45. The standard InChI is InChI=1S/C36H63N13O12/c1-18(2)28(34(58)44-22(36(60)61)9-5-7-11-38)49-35(59)29(19(3)51)48-27(53)15-42-31(55)24(13-26(40)52)46-33(57)25(16-50)47-32(56)23(12-20-14-41-17-43-20)45-30(54)21(39)8-4-6-10-37/h14,17-19,21-25,28-29,50-51H,4-13,15-16,37-39H2,1-3H3,(H2,40,52)(H,41,43)(H,42,55)(H,44,58)(H,45,54)(H,46,57)(H,47,56)(H,48,53)(H,49,59)(H,60,61)/t19-,21+,22+,23+,24+,25+,28+,29+/m1/s1. The maximum absolute atomic E-state index is 13.4. The molecule has 0 bridgehead atoms. The lowest BCUT2D eigenvalue weighted by molar-refractivity contribution is -0.143. The molecule has 0 fully saturated rings. The number of hydrogen-bond donors (Lipinski definition) is 15. The molecule has 8 amide bonds. The number of aromatic nitrogens is 2. The van der Waals surface area contributed by atoms with Crippen molar-refractivity contribution in [3.05, 3.63) is 18.2 Å². The van der Waals surface area contributed by atoms with Gasteiger partial charge in [-0.15, -0.1) is 0 Å². The van der Waals surface area contributed by atoms with Crippen molar-refractivity contribution in [3.8, 4) is 0 Å². The van der Waals surface area contributed by atoms with E-state index >= 15 is 0 Å². The second kappa shape index (κ2) is 27.9. The molecule has 8 atom stereocenters. The number of amides is 8. The quantitative estimate of drug-likeness (QED) is 0.0320. The van der Waals surface area contributed by atoms with Gasteiger partial charge in [0.1, 0.15) is 36.3 Å². The molecule has 1 aromatic rings. The van der Waals surface area contributed by atoms with Gasteiger partial charge in [0.15, 0.2) is 0 Å². The number of imidazole rings is 1. The molecule has 0 unspecified atom stereocenters. The van der Waals surface area contributed by atoms with Crippen LogP contribution in [0.25, 0.3) is 0 Å². The molecule has 0 saturated carbocycles. The zero-order chi connectivity index (χ0) is 46.2. The summed E-state index contributed by atoms with van der Waals surface area (Å²) in [5, 5.41) is 46.0. The average molecular weight is 870 g/mol. The number of primary amides is 1. The van der Waals surface area contributed by atoms with Crippen molar-refractivity contribution in [2.24, 2.45) is 28.9 Å². The first kappa shape index (κ1) is 53.3. The molecule has 0 saturated heterocycles. The number of carboxylic acids is 1. The third kappa shape index (κ3) is 19.9. The zero-order valence-electron chi connectivity index (χ0n) is 34.6. The Bertz CT molecular complexity index is 1610. The number of nitrogens with two attached hydrogens (primary N) is 4. The highest BCUT2D eigenvalue weighted by molar-refractivity contribution is 5.98. The molecule has 0 aliphatic rings. The summed E-state index contributed by atoms with van der Waals surface area (Å²) in [6.07, 6.45) is 2.72. The number of carbonyl (C=O) groups is 9. The van der Waals surface area contributed by atoms with E-state index in [9.17, 15) is 58.5 Å². The fourth-order valence-corrected chi connectivity index (χ4v) is 5.60. The van der Waals surface area contributed by atoms with E-state index in [0.29, 0.717) is 44.5 Å². The van der Waals surface area contributed by atoms with Gasteiger partial charge in [-0.2, -0.15) is 0 Å². The maximum Gasteiger partial charge on any atom is 0.326 e. The number of carboxylic acid groups (broad SMARTS) is 1. The van der Waals surface area contributed by atoms with Crippen molar-refractivity contribution in [1.29, 1.82) is 0 Å². The van der Waals surface area contributed by atoms with E-state index in [4.69, 9.17) is 22.9 Å². The number of unbranched alkanes of at least 4 members (excludes halogenated alkanes) is 2. The lowest BCUT2D eigenvalue weighted by Gasteiger charge is -2.27. The lowest BCUT2D eigenvalue weighted by atomic mass is 10.0. The van der Waals surface area contributed by atoms with Gasteiger partial charge in [0.25, 0.3) is 0 Å². The third-order valence-corrected chi connectivity index (χ3v) is 9.08. The van der Waals surface area contributed by atoms with Crippen LogP contribution in [0.3, 0.4) is 0 Å². The van der Waals surface area contributed by atoms with E-state index in [2.05, 4.69) is 47.2 Å². The minimum Gasteiger partial charge on any atom is -0.480 e. The van der Waals surface area contributed by atoms with E-state index < -0.39 is 127 Å². The third-order valence-electron chi connectivity index (χ3n) is 9.08. The number of nitrogens with one attached hydrogen (secondary N) is 8. The van der Waals surface area contributed by atoms with Gasteiger partial charge in [0, 0.05) is 18.3 Å². The molecule has 0 aliphatic heterocycles. The number of aliphatic hydroxyl groups is 2. The summed E-state index contributed by atoms with van der Waals surface area (Å²) in [5.74, 6) is -9.73. The van der Waals surface area contributed by atoms with Crippen molar-refractivity contribution < 1.29 is 58.5 Å². The Morgan fingerprint density at radius 3 is 1.79 bits per heavy atom. The number of hydrogen-bond acceptors (Lipinski definition) is 15. The van der Waals surface area contributed by atoms with Crippen LogP contribution in [0.5, 0.6) is 0 Å². The first-order chi connectivity index (χ1) is 28.7. The molecule has 19 N–H and O–H groups in total. The Labute approximate surface area is 352 Å². The van der Waals surface area contributed by atoms with Crippen molar-refractivity contribution >= 4 is 53.2 Å². The molecule has 25 heteroatoms. The molecule has 1 rings (SSSR count). The van der Waals surface area contributed by atoms with Crippen LogP contribution in [0.1, 0.15) is 71.4 Å². The van der Waals surface area contributed by atoms with Gasteiger partial charge in [-0.3, -0.25) is 38.4 Å². The topological polar surface area (TPSA) is 431 Å². The van der Waals surface area contributed by atoms with Crippen LogP contribution in [-0.2, 0) is 49.6 Å². The van der Waals surface area contributed by atoms with Gasteiger partial charge in [-0.05, 0) is 58.0 Å². The maximum atomic E-state index is 13.4. The van der Waals surface area contributed by atoms with Crippen molar-refractivity contribution in [3.63, 3.8) is 0 Å². The Morgan fingerprint density at radius 1 is 0.705 bits per heavy atom. The number of aliphatic hydroxyl groups excluding tert-OH is 2. The fourth-order valence-electron chi connectivity index (χ4n) is 5.60. The molecule has 0 aromatic carbocycles. The molecule has 344 valence electrons. The van der Waals surface area contributed by atoms with Crippen molar-refractivity contribution in [1.82, 2.24) is 47.2 Å². The van der Waals surface area contributed by atoms with Crippen LogP contribution < -0.4 is 60.2 Å². The SMILES string of the molecule is CC(C)[C@H](NC(=O)[C@@H](NC(=O)CNC(=O)[C@H](CC(N)=O)NC(=O)[C@H](CO)NC(=O)[C@H](Cc1cnc[nH]1)NC(=O)[C@@H](N)CCCCN)[C@@H](C)O)C(=O)N[C@@H](CCCCN)C(=O)O. The summed E-state index contributed by atoms with van der Waals surface area (Å²) < 4.78 is 0. The van der Waals surface area contributed by atoms with Gasteiger partial charge in [-0.1, -0.05) is 20.3 Å². The van der Waals surface area contributed by atoms with Crippen LogP contribution in [0, 0.1) is 5.92 Å². The number of H-pyrrole nitrogens is 1. The molecule has 1 heterocycles. The number of rotatable bonds is 30. The van der Waals surface area contributed by atoms with E-state index in [-0.39, 0.29) is 19.3 Å². The summed E-state index contributed by atoms with van der Waals surface area (Å²) in [6.45, 7) is 3.14. The van der Waals surface area contributed by atoms with Crippen LogP contribution >= 0.6 is 0 Å². The Hall–Kier alpha value is -5.76. The first-order valence-electron chi connectivity index (χ1n) is 19.8. The van der Waals surface area contributed by atoms with Crippen LogP contribution in [0.2, 0.25) is 0 Å². The monoisotopic (exact) mass is 869 g/mol. The van der Waals surface area contributed by atoms with Crippen LogP contribution in [-0.4, -0.2) is 153 Å². The number of aromatic amines is 1. The Morgan fingerprint density at radius 2 is 1.26 bits per heavy atom. The molecule has 1 aromatic heterocycles. The highest BCUT2D eigenvalue weighted by Crippen LogP contribution is 2.08. The van der Waals surface area contributed by atoms with Gasteiger partial charge >= 0.3 is 5.97 Å². The minimum absolute atomic E-state index is 0.0823. The number of aliphatic carboxylic acids is 1. The van der Waals surface area contributed by atoms with E-state index in [1.165, 1.54) is 12.5 Å². The molecule has 61 heavy (non-hydrogen) atoms.